The van der Waals surface area contributed by atoms with Crippen molar-refractivity contribution in [2.75, 3.05) is 19.7 Å². The Morgan fingerprint density at radius 2 is 1.78 bits per heavy atom. The molecule has 0 spiro atoms. The number of amides is 2. The Bertz CT molecular complexity index is 477. The van der Waals surface area contributed by atoms with Crippen molar-refractivity contribution in [1.29, 1.82) is 0 Å². The van der Waals surface area contributed by atoms with Crippen LogP contribution < -0.4 is 5.32 Å². The number of nitrogens with zero attached hydrogens (tertiary/aromatic N) is 1. The number of aliphatic hydroxyl groups is 1. The van der Waals surface area contributed by atoms with E-state index in [1.54, 1.807) is 11.0 Å². The molecule has 0 aromatic heterocycles. The normalized spacial score (nSPS) is 16.4. The first-order chi connectivity index (χ1) is 11.2. The SMILES string of the molecule is O=C(CCN1C(=O)C=CC1=C1CC1)NCCCCCCCCO. The molecular weight excluding hydrogens is 292 g/mol. The molecule has 1 fully saturated rings. The molecule has 1 aliphatic heterocycles. The summed E-state index contributed by atoms with van der Waals surface area (Å²) in [5.41, 5.74) is 2.35. The van der Waals surface area contributed by atoms with Crippen molar-refractivity contribution in [2.24, 2.45) is 0 Å². The number of hydrogen-bond acceptors (Lipinski definition) is 3. The fraction of sp³-hybridized carbons (Fsp3) is 0.667. The lowest BCUT2D eigenvalue weighted by Gasteiger charge is -2.17. The van der Waals surface area contributed by atoms with Crippen LogP contribution in [0.15, 0.2) is 23.4 Å². The molecule has 0 radical (unpaired) electrons. The van der Waals surface area contributed by atoms with Crippen LogP contribution in [0, 0.1) is 0 Å². The molecule has 0 unspecified atom stereocenters. The van der Waals surface area contributed by atoms with Crippen molar-refractivity contribution >= 4 is 11.8 Å². The number of carbonyl (C=O) groups is 2. The molecule has 23 heavy (non-hydrogen) atoms. The third-order valence-corrected chi connectivity index (χ3v) is 4.27. The Labute approximate surface area is 138 Å². The first-order valence-electron chi connectivity index (χ1n) is 8.81. The molecule has 0 aromatic rings. The summed E-state index contributed by atoms with van der Waals surface area (Å²) in [5.74, 6) is 0.0141. The monoisotopic (exact) mass is 320 g/mol. The second kappa shape index (κ2) is 9.50. The van der Waals surface area contributed by atoms with Gasteiger partial charge in [0.25, 0.3) is 5.91 Å². The van der Waals surface area contributed by atoms with Crippen LogP contribution in [0.1, 0.15) is 57.8 Å². The Morgan fingerprint density at radius 1 is 1.09 bits per heavy atom. The summed E-state index contributed by atoms with van der Waals surface area (Å²) in [7, 11) is 0. The Hall–Kier alpha value is -1.62. The maximum Gasteiger partial charge on any atom is 0.251 e. The van der Waals surface area contributed by atoms with Gasteiger partial charge in [-0.3, -0.25) is 9.59 Å². The first-order valence-corrected chi connectivity index (χ1v) is 8.81. The van der Waals surface area contributed by atoms with Crippen molar-refractivity contribution in [3.05, 3.63) is 23.4 Å². The molecule has 2 N–H and O–H groups in total. The van der Waals surface area contributed by atoms with Gasteiger partial charge in [-0.2, -0.15) is 0 Å². The molecule has 2 aliphatic rings. The highest BCUT2D eigenvalue weighted by Gasteiger charge is 2.27. The summed E-state index contributed by atoms with van der Waals surface area (Å²) in [6, 6.07) is 0. The number of unbranched alkanes of at least 4 members (excludes halogenated alkanes) is 5. The Morgan fingerprint density at radius 3 is 2.48 bits per heavy atom. The van der Waals surface area contributed by atoms with E-state index in [1.165, 1.54) is 5.57 Å². The van der Waals surface area contributed by atoms with Crippen molar-refractivity contribution < 1.29 is 14.7 Å². The van der Waals surface area contributed by atoms with Gasteiger partial charge in [0.05, 0.1) is 0 Å². The second-order valence-electron chi connectivity index (χ2n) is 6.26. The van der Waals surface area contributed by atoms with Crippen LogP contribution in [0.3, 0.4) is 0 Å². The lowest BCUT2D eigenvalue weighted by atomic mass is 10.1. The predicted molar refractivity (Wildman–Crippen MR) is 89.5 cm³/mol. The number of nitrogens with one attached hydrogen (secondary N) is 1. The lowest BCUT2D eigenvalue weighted by Crippen LogP contribution is -2.31. The zero-order valence-corrected chi connectivity index (χ0v) is 13.9. The third kappa shape index (κ3) is 6.18. The molecule has 2 rings (SSSR count). The van der Waals surface area contributed by atoms with Gasteiger partial charge in [0.2, 0.25) is 5.91 Å². The number of rotatable bonds is 11. The van der Waals surface area contributed by atoms with Crippen LogP contribution in [0.5, 0.6) is 0 Å². The van der Waals surface area contributed by atoms with E-state index in [2.05, 4.69) is 5.32 Å². The Kier molecular flexibility index (Phi) is 7.33. The highest BCUT2D eigenvalue weighted by atomic mass is 16.3. The highest BCUT2D eigenvalue weighted by Crippen LogP contribution is 2.35. The van der Waals surface area contributed by atoms with E-state index in [4.69, 9.17) is 5.11 Å². The predicted octanol–water partition coefficient (Wildman–Crippen LogP) is 2.27. The molecule has 1 saturated carbocycles. The minimum absolute atomic E-state index is 0.00456. The average Bonchev–Trinajstić information content (AvgIpc) is 3.32. The smallest absolute Gasteiger partial charge is 0.251 e. The molecule has 0 saturated heterocycles. The quantitative estimate of drug-likeness (QED) is 0.574. The van der Waals surface area contributed by atoms with Gasteiger partial charge < -0.3 is 15.3 Å². The van der Waals surface area contributed by atoms with E-state index in [-0.39, 0.29) is 18.4 Å². The van der Waals surface area contributed by atoms with Crippen molar-refractivity contribution in [1.82, 2.24) is 10.2 Å². The van der Waals surface area contributed by atoms with Crippen LogP contribution in [-0.2, 0) is 9.59 Å². The van der Waals surface area contributed by atoms with Crippen molar-refractivity contribution in [3.8, 4) is 0 Å². The standard InChI is InChI=1S/C18H28N2O3/c21-14-6-4-2-1-3-5-12-19-17(22)11-13-20-16(15-7-8-15)9-10-18(20)23/h9-10,21H,1-8,11-14H2,(H,19,22). The summed E-state index contributed by atoms with van der Waals surface area (Å²) in [6.45, 7) is 1.46. The van der Waals surface area contributed by atoms with Crippen LogP contribution in [0.4, 0.5) is 0 Å². The van der Waals surface area contributed by atoms with Crippen LogP contribution in [-0.4, -0.2) is 41.5 Å². The summed E-state index contributed by atoms with van der Waals surface area (Å²) in [6.07, 6.45) is 12.4. The molecule has 2 amide bonds. The fourth-order valence-corrected chi connectivity index (χ4v) is 2.78. The van der Waals surface area contributed by atoms with E-state index >= 15 is 0 Å². The average molecular weight is 320 g/mol. The van der Waals surface area contributed by atoms with E-state index in [0.29, 0.717) is 19.5 Å². The van der Waals surface area contributed by atoms with Gasteiger partial charge in [0.1, 0.15) is 0 Å². The highest BCUT2D eigenvalue weighted by molar-refractivity contribution is 5.93. The van der Waals surface area contributed by atoms with E-state index in [9.17, 15) is 9.59 Å². The van der Waals surface area contributed by atoms with Gasteiger partial charge in [-0.1, -0.05) is 25.7 Å². The maximum absolute atomic E-state index is 11.9. The molecular formula is C18H28N2O3. The zero-order valence-electron chi connectivity index (χ0n) is 13.9. The molecule has 0 bridgehead atoms. The number of carbonyl (C=O) groups excluding carboxylic acids is 2. The number of aliphatic hydroxyl groups excluding tert-OH is 1. The zero-order chi connectivity index (χ0) is 16.5. The molecule has 5 heteroatoms. The van der Waals surface area contributed by atoms with Gasteiger partial charge in [-0.15, -0.1) is 0 Å². The topological polar surface area (TPSA) is 69.6 Å². The van der Waals surface area contributed by atoms with E-state index in [1.807, 2.05) is 6.08 Å². The molecule has 128 valence electrons. The van der Waals surface area contributed by atoms with Crippen molar-refractivity contribution in [3.63, 3.8) is 0 Å². The maximum atomic E-state index is 11.9. The van der Waals surface area contributed by atoms with Crippen LogP contribution >= 0.6 is 0 Å². The van der Waals surface area contributed by atoms with E-state index < -0.39 is 0 Å². The first kappa shape index (κ1) is 17.7. The molecule has 0 aromatic carbocycles. The van der Waals surface area contributed by atoms with Crippen LogP contribution in [0.2, 0.25) is 0 Å². The summed E-state index contributed by atoms with van der Waals surface area (Å²) < 4.78 is 0. The second-order valence-corrected chi connectivity index (χ2v) is 6.26. The van der Waals surface area contributed by atoms with Crippen molar-refractivity contribution in [2.45, 2.75) is 57.8 Å². The van der Waals surface area contributed by atoms with Gasteiger partial charge in [-0.25, -0.2) is 0 Å². The minimum atomic E-state index is -0.00456. The van der Waals surface area contributed by atoms with Gasteiger partial charge in [-0.05, 0) is 37.3 Å². The number of hydrogen-bond donors (Lipinski definition) is 2. The van der Waals surface area contributed by atoms with Gasteiger partial charge in [0, 0.05) is 37.9 Å². The van der Waals surface area contributed by atoms with Gasteiger partial charge >= 0.3 is 0 Å². The molecule has 1 heterocycles. The lowest BCUT2D eigenvalue weighted by molar-refractivity contribution is -0.124. The van der Waals surface area contributed by atoms with E-state index in [0.717, 1.165) is 57.1 Å². The molecule has 1 aliphatic carbocycles. The minimum Gasteiger partial charge on any atom is -0.396 e. The largest absolute Gasteiger partial charge is 0.396 e. The third-order valence-electron chi connectivity index (χ3n) is 4.27. The summed E-state index contributed by atoms with van der Waals surface area (Å²) in [5, 5.41) is 11.6. The number of allylic oxidation sites excluding steroid dienone is 2. The molecule has 5 nitrogen and oxygen atoms in total. The Balaban J connectivity index is 1.52. The fourth-order valence-electron chi connectivity index (χ4n) is 2.78. The summed E-state index contributed by atoms with van der Waals surface area (Å²) in [4.78, 5) is 25.4. The van der Waals surface area contributed by atoms with Crippen LogP contribution in [0.25, 0.3) is 0 Å². The van der Waals surface area contributed by atoms with Gasteiger partial charge in [0.15, 0.2) is 0 Å². The molecule has 0 atom stereocenters. The summed E-state index contributed by atoms with van der Waals surface area (Å²) >= 11 is 0.